The normalized spacial score (nSPS) is 24.7. The van der Waals surface area contributed by atoms with Crippen LogP contribution in [0.3, 0.4) is 0 Å². The van der Waals surface area contributed by atoms with Gasteiger partial charge in [-0.25, -0.2) is 0 Å². The van der Waals surface area contributed by atoms with Gasteiger partial charge < -0.3 is 4.90 Å². The molecule has 0 amide bonds. The Morgan fingerprint density at radius 1 is 0.947 bits per heavy atom. The SMILES string of the molecule is O=[N+]([O-])c1cc(N2C3CCCCC32)cc([N+](=O)[O-])c1. The van der Waals surface area contributed by atoms with Gasteiger partial charge >= 0.3 is 0 Å². The van der Waals surface area contributed by atoms with E-state index in [9.17, 15) is 20.2 Å². The molecule has 1 heterocycles. The van der Waals surface area contributed by atoms with Gasteiger partial charge in [0, 0.05) is 24.2 Å². The smallest absolute Gasteiger partial charge is 0.278 e. The van der Waals surface area contributed by atoms with Crippen LogP contribution < -0.4 is 4.90 Å². The van der Waals surface area contributed by atoms with Crippen molar-refractivity contribution >= 4 is 17.1 Å². The lowest BCUT2D eigenvalue weighted by molar-refractivity contribution is -0.394. The first-order valence-electron chi connectivity index (χ1n) is 6.30. The summed E-state index contributed by atoms with van der Waals surface area (Å²) in [5.41, 5.74) is 0.179. The van der Waals surface area contributed by atoms with E-state index >= 15 is 0 Å². The van der Waals surface area contributed by atoms with Crippen molar-refractivity contribution < 1.29 is 9.85 Å². The maximum Gasteiger partial charge on any atom is 0.278 e. The van der Waals surface area contributed by atoms with Crippen molar-refractivity contribution in [2.24, 2.45) is 0 Å². The van der Waals surface area contributed by atoms with Gasteiger partial charge in [-0.2, -0.15) is 0 Å². The molecule has 7 nitrogen and oxygen atoms in total. The second kappa shape index (κ2) is 4.18. The molecule has 0 spiro atoms. The summed E-state index contributed by atoms with van der Waals surface area (Å²) in [6, 6.07) is 4.71. The molecular weight excluding hydrogens is 250 g/mol. The van der Waals surface area contributed by atoms with Crippen molar-refractivity contribution in [2.75, 3.05) is 4.90 Å². The molecule has 1 saturated heterocycles. The van der Waals surface area contributed by atoms with Gasteiger partial charge in [0.05, 0.1) is 21.6 Å². The fraction of sp³-hybridized carbons (Fsp3) is 0.500. The summed E-state index contributed by atoms with van der Waals surface area (Å²) in [7, 11) is 0. The third-order valence-corrected chi connectivity index (χ3v) is 3.93. The average molecular weight is 263 g/mol. The summed E-state index contributed by atoms with van der Waals surface area (Å²) in [6.07, 6.45) is 4.46. The highest BCUT2D eigenvalue weighted by Crippen LogP contribution is 2.45. The summed E-state index contributed by atoms with van der Waals surface area (Å²) in [6.45, 7) is 0. The van der Waals surface area contributed by atoms with Crippen LogP contribution in [0.4, 0.5) is 17.1 Å². The summed E-state index contributed by atoms with van der Waals surface area (Å²) >= 11 is 0. The van der Waals surface area contributed by atoms with E-state index in [2.05, 4.69) is 4.90 Å². The highest BCUT2D eigenvalue weighted by atomic mass is 16.6. The maximum atomic E-state index is 10.8. The van der Waals surface area contributed by atoms with E-state index in [4.69, 9.17) is 0 Å². The van der Waals surface area contributed by atoms with E-state index < -0.39 is 9.85 Å². The lowest BCUT2D eigenvalue weighted by Crippen LogP contribution is -2.01. The Labute approximate surface area is 109 Å². The molecule has 1 aliphatic heterocycles. The number of benzene rings is 1. The standard InChI is InChI=1S/C12H13N3O4/c16-14(17)9-5-8(6-10(7-9)15(18)19)13-11-3-1-2-4-12(11)13/h5-7,11-12H,1-4H2. The number of fused-ring (bicyclic) bond motifs is 1. The van der Waals surface area contributed by atoms with Gasteiger partial charge in [-0.3, -0.25) is 20.2 Å². The van der Waals surface area contributed by atoms with Crippen molar-refractivity contribution in [1.29, 1.82) is 0 Å². The summed E-state index contributed by atoms with van der Waals surface area (Å²) in [5.74, 6) is 0. The molecule has 0 aromatic heterocycles. The molecule has 100 valence electrons. The number of hydrogen-bond acceptors (Lipinski definition) is 5. The molecule has 19 heavy (non-hydrogen) atoms. The Balaban J connectivity index is 1.97. The Morgan fingerprint density at radius 3 is 1.84 bits per heavy atom. The minimum atomic E-state index is -0.580. The zero-order chi connectivity index (χ0) is 13.6. The van der Waals surface area contributed by atoms with Crippen LogP contribution in [0.15, 0.2) is 18.2 Å². The molecule has 1 aromatic carbocycles. The fourth-order valence-electron chi connectivity index (χ4n) is 3.03. The van der Waals surface area contributed by atoms with Crippen molar-refractivity contribution in [2.45, 2.75) is 37.8 Å². The highest BCUT2D eigenvalue weighted by Gasteiger charge is 2.48. The number of anilines is 1. The Bertz CT molecular complexity index is 516. The van der Waals surface area contributed by atoms with Crippen LogP contribution in [0, 0.1) is 20.2 Å². The molecule has 2 unspecified atom stereocenters. The summed E-state index contributed by atoms with van der Waals surface area (Å²) in [5, 5.41) is 21.7. The molecule has 7 heteroatoms. The molecule has 1 aliphatic carbocycles. The molecular formula is C12H13N3O4. The van der Waals surface area contributed by atoms with E-state index in [0.717, 1.165) is 31.7 Å². The maximum absolute atomic E-state index is 10.8. The number of nitrogens with zero attached hydrogens (tertiary/aromatic N) is 3. The molecule has 0 bridgehead atoms. The van der Waals surface area contributed by atoms with E-state index in [0.29, 0.717) is 17.8 Å². The van der Waals surface area contributed by atoms with Gasteiger partial charge in [0.25, 0.3) is 11.4 Å². The first-order chi connectivity index (χ1) is 9.08. The topological polar surface area (TPSA) is 89.3 Å². The molecule has 1 aromatic rings. The molecule has 3 rings (SSSR count). The minimum Gasteiger partial charge on any atom is -0.361 e. The number of nitro benzene ring substituents is 2. The van der Waals surface area contributed by atoms with Crippen molar-refractivity contribution in [1.82, 2.24) is 0 Å². The van der Waals surface area contributed by atoms with E-state index in [1.165, 1.54) is 12.1 Å². The third kappa shape index (κ3) is 2.00. The average Bonchev–Trinajstić information content (AvgIpc) is 3.12. The molecule has 2 aliphatic rings. The Hall–Kier alpha value is -2.18. The van der Waals surface area contributed by atoms with Crippen LogP contribution >= 0.6 is 0 Å². The quantitative estimate of drug-likeness (QED) is 0.475. The van der Waals surface area contributed by atoms with Crippen molar-refractivity contribution in [3.8, 4) is 0 Å². The Kier molecular flexibility index (Phi) is 2.62. The number of rotatable bonds is 3. The largest absolute Gasteiger partial charge is 0.361 e. The molecule has 2 atom stereocenters. The number of nitro groups is 2. The second-order valence-corrected chi connectivity index (χ2v) is 5.05. The zero-order valence-electron chi connectivity index (χ0n) is 10.2. The molecule has 1 saturated carbocycles. The number of hydrogen-bond donors (Lipinski definition) is 0. The van der Waals surface area contributed by atoms with Crippen molar-refractivity contribution in [3.05, 3.63) is 38.4 Å². The number of non-ortho nitro benzene ring substituents is 2. The van der Waals surface area contributed by atoms with Gasteiger partial charge in [0.1, 0.15) is 0 Å². The van der Waals surface area contributed by atoms with Crippen LogP contribution in [0.5, 0.6) is 0 Å². The molecule has 2 fully saturated rings. The monoisotopic (exact) mass is 263 g/mol. The van der Waals surface area contributed by atoms with E-state index in [1.807, 2.05) is 0 Å². The molecule has 0 radical (unpaired) electrons. The predicted octanol–water partition coefficient (Wildman–Crippen LogP) is 2.63. The summed E-state index contributed by atoms with van der Waals surface area (Å²) < 4.78 is 0. The highest BCUT2D eigenvalue weighted by molar-refractivity contribution is 5.65. The van der Waals surface area contributed by atoms with Crippen LogP contribution in [-0.2, 0) is 0 Å². The predicted molar refractivity (Wildman–Crippen MR) is 68.3 cm³/mol. The zero-order valence-corrected chi connectivity index (χ0v) is 10.2. The van der Waals surface area contributed by atoms with Crippen LogP contribution in [0.2, 0.25) is 0 Å². The van der Waals surface area contributed by atoms with Gasteiger partial charge in [-0.1, -0.05) is 12.8 Å². The Morgan fingerprint density at radius 2 is 1.42 bits per heavy atom. The van der Waals surface area contributed by atoms with Crippen molar-refractivity contribution in [3.63, 3.8) is 0 Å². The first kappa shape index (κ1) is 11.9. The van der Waals surface area contributed by atoms with Crippen LogP contribution in [0.1, 0.15) is 25.7 Å². The lowest BCUT2D eigenvalue weighted by atomic mass is 10.0. The minimum absolute atomic E-state index is 0.215. The third-order valence-electron chi connectivity index (χ3n) is 3.93. The van der Waals surface area contributed by atoms with Gasteiger partial charge in [-0.05, 0) is 12.8 Å². The second-order valence-electron chi connectivity index (χ2n) is 5.05. The van der Waals surface area contributed by atoms with Crippen LogP contribution in [-0.4, -0.2) is 21.9 Å². The van der Waals surface area contributed by atoms with Gasteiger partial charge in [-0.15, -0.1) is 0 Å². The van der Waals surface area contributed by atoms with E-state index in [-0.39, 0.29) is 11.4 Å². The molecule has 0 N–H and O–H groups in total. The van der Waals surface area contributed by atoms with E-state index in [1.54, 1.807) is 0 Å². The summed E-state index contributed by atoms with van der Waals surface area (Å²) in [4.78, 5) is 22.6. The fourth-order valence-corrected chi connectivity index (χ4v) is 3.03. The first-order valence-corrected chi connectivity index (χ1v) is 6.30. The van der Waals surface area contributed by atoms with Gasteiger partial charge in [0.2, 0.25) is 0 Å². The van der Waals surface area contributed by atoms with Gasteiger partial charge in [0.15, 0.2) is 0 Å². The lowest BCUT2D eigenvalue weighted by Gasteiger charge is -2.05. The van der Waals surface area contributed by atoms with Crippen LogP contribution in [0.25, 0.3) is 0 Å².